The molecule has 1 aromatic carbocycles. The summed E-state index contributed by atoms with van der Waals surface area (Å²) in [6, 6.07) is 11.3. The number of hydrogen-bond donors (Lipinski definition) is 1. The van der Waals surface area contributed by atoms with Crippen molar-refractivity contribution < 1.29 is 14.3 Å². The zero-order chi connectivity index (χ0) is 24.9. The van der Waals surface area contributed by atoms with Gasteiger partial charge in [-0.25, -0.2) is 4.98 Å². The summed E-state index contributed by atoms with van der Waals surface area (Å²) in [4.78, 5) is 33.2. The van der Waals surface area contributed by atoms with Crippen molar-refractivity contribution in [3.05, 3.63) is 74.5 Å². The van der Waals surface area contributed by atoms with E-state index in [4.69, 9.17) is 26.7 Å². The molecule has 0 atom stereocenters. The van der Waals surface area contributed by atoms with Crippen molar-refractivity contribution in [3.8, 4) is 5.75 Å². The lowest BCUT2D eigenvalue weighted by Crippen LogP contribution is -2.29. The summed E-state index contributed by atoms with van der Waals surface area (Å²) < 4.78 is 12.3. The number of aromatic nitrogens is 2. The van der Waals surface area contributed by atoms with Crippen LogP contribution >= 0.6 is 24.0 Å². The molecule has 8 nitrogen and oxygen atoms in total. The minimum Gasteiger partial charge on any atom is -0.497 e. The zero-order valence-electron chi connectivity index (χ0n) is 19.7. The second kappa shape index (κ2) is 11.0. The summed E-state index contributed by atoms with van der Waals surface area (Å²) in [5.41, 5.74) is 2.46. The minimum atomic E-state index is -0.263. The number of amides is 1. The highest BCUT2D eigenvalue weighted by Crippen LogP contribution is 2.33. The molecular formula is C25H26N4O4S2. The summed E-state index contributed by atoms with van der Waals surface area (Å²) in [5.74, 6) is 0.954. The summed E-state index contributed by atoms with van der Waals surface area (Å²) in [6.07, 6.45) is 3.94. The van der Waals surface area contributed by atoms with Crippen LogP contribution in [-0.4, -0.2) is 51.9 Å². The number of thiocarbonyl (C=S) groups is 1. The van der Waals surface area contributed by atoms with Crippen LogP contribution in [0.4, 0.5) is 5.82 Å². The highest BCUT2D eigenvalue weighted by molar-refractivity contribution is 8.26. The Morgan fingerprint density at radius 3 is 2.66 bits per heavy atom. The Morgan fingerprint density at radius 2 is 1.94 bits per heavy atom. The van der Waals surface area contributed by atoms with Crippen molar-refractivity contribution in [3.63, 3.8) is 0 Å². The topological polar surface area (TPSA) is 85.2 Å². The molecule has 0 aliphatic carbocycles. The van der Waals surface area contributed by atoms with Crippen molar-refractivity contribution in [2.24, 2.45) is 0 Å². The Bertz CT molecular complexity index is 1350. The van der Waals surface area contributed by atoms with Crippen LogP contribution in [0.1, 0.15) is 23.1 Å². The molecule has 3 heterocycles. The van der Waals surface area contributed by atoms with Gasteiger partial charge in [-0.15, -0.1) is 0 Å². The van der Waals surface area contributed by atoms with E-state index >= 15 is 0 Å². The number of carbonyl (C=O) groups is 1. The largest absolute Gasteiger partial charge is 0.497 e. The molecule has 0 spiro atoms. The predicted octanol–water partition coefficient (Wildman–Crippen LogP) is 3.86. The molecule has 1 amide bonds. The van der Waals surface area contributed by atoms with E-state index in [-0.39, 0.29) is 11.5 Å². The number of nitrogens with one attached hydrogen (secondary N) is 1. The number of rotatable bonds is 9. The monoisotopic (exact) mass is 510 g/mol. The number of anilines is 1. The molecule has 1 saturated heterocycles. The molecule has 1 N–H and O–H groups in total. The van der Waals surface area contributed by atoms with Crippen LogP contribution in [0, 0.1) is 6.92 Å². The van der Waals surface area contributed by atoms with Crippen molar-refractivity contribution >= 4 is 51.7 Å². The number of nitrogens with zero attached hydrogens (tertiary/aromatic N) is 3. The first-order valence-electron chi connectivity index (χ1n) is 11.1. The first kappa shape index (κ1) is 24.9. The van der Waals surface area contributed by atoms with Crippen LogP contribution in [0.25, 0.3) is 11.7 Å². The van der Waals surface area contributed by atoms with E-state index < -0.39 is 0 Å². The molecule has 35 heavy (non-hydrogen) atoms. The first-order chi connectivity index (χ1) is 16.9. The Morgan fingerprint density at radius 1 is 1.17 bits per heavy atom. The fourth-order valence-electron chi connectivity index (χ4n) is 3.70. The average molecular weight is 511 g/mol. The standard InChI is InChI=1S/C25H26N4O4S2/c1-16-6-4-11-28-22(16)27-21(26-15-17-7-9-18(33-3)10-8-17)19(23(28)30)14-20-24(31)29(25(34)35-20)12-5-13-32-2/h4,6-11,14,26H,5,12-13,15H2,1-3H3. The SMILES string of the molecule is COCCCN1C(=O)C(=Cc2c(NCc3ccc(OC)cc3)nc3c(C)cccn3c2=O)SC1=S. The van der Waals surface area contributed by atoms with Gasteiger partial charge in [0.2, 0.25) is 0 Å². The van der Waals surface area contributed by atoms with E-state index in [1.54, 1.807) is 37.5 Å². The molecule has 0 unspecified atom stereocenters. The fraction of sp³-hybridized carbons (Fsp3) is 0.280. The maximum absolute atomic E-state index is 13.5. The lowest BCUT2D eigenvalue weighted by Gasteiger charge is -2.14. The molecule has 0 radical (unpaired) electrons. The Balaban J connectivity index is 1.71. The van der Waals surface area contributed by atoms with Gasteiger partial charge in [0.25, 0.3) is 11.5 Å². The zero-order valence-corrected chi connectivity index (χ0v) is 21.4. The number of fused-ring (bicyclic) bond motifs is 1. The van der Waals surface area contributed by atoms with Crippen LogP contribution in [0.2, 0.25) is 0 Å². The van der Waals surface area contributed by atoms with Gasteiger partial charge >= 0.3 is 0 Å². The van der Waals surface area contributed by atoms with Crippen molar-refractivity contribution in [1.82, 2.24) is 14.3 Å². The van der Waals surface area contributed by atoms with E-state index in [1.807, 2.05) is 37.3 Å². The normalized spacial score (nSPS) is 14.8. The maximum Gasteiger partial charge on any atom is 0.267 e. The quantitative estimate of drug-likeness (QED) is 0.264. The molecular weight excluding hydrogens is 484 g/mol. The van der Waals surface area contributed by atoms with Gasteiger partial charge in [0, 0.05) is 33.0 Å². The van der Waals surface area contributed by atoms with Gasteiger partial charge in [-0.2, -0.15) is 0 Å². The molecule has 3 aromatic rings. The van der Waals surface area contributed by atoms with E-state index in [9.17, 15) is 9.59 Å². The number of pyridine rings is 1. The number of ether oxygens (including phenoxy) is 2. The minimum absolute atomic E-state index is 0.217. The van der Waals surface area contributed by atoms with Gasteiger partial charge in [-0.1, -0.05) is 42.2 Å². The number of thioether (sulfide) groups is 1. The van der Waals surface area contributed by atoms with Gasteiger partial charge in [-0.05, 0) is 48.7 Å². The van der Waals surface area contributed by atoms with E-state index in [1.165, 1.54) is 16.2 Å². The summed E-state index contributed by atoms with van der Waals surface area (Å²) in [5, 5.41) is 3.29. The van der Waals surface area contributed by atoms with Gasteiger partial charge in [0.15, 0.2) is 0 Å². The molecule has 0 saturated carbocycles. The van der Waals surface area contributed by atoms with E-state index in [0.29, 0.717) is 52.4 Å². The summed E-state index contributed by atoms with van der Waals surface area (Å²) in [6.45, 7) is 3.34. The lowest BCUT2D eigenvalue weighted by atomic mass is 10.2. The number of benzene rings is 1. The predicted molar refractivity (Wildman–Crippen MR) is 143 cm³/mol. The van der Waals surface area contributed by atoms with Crippen LogP contribution in [0.5, 0.6) is 5.75 Å². The molecule has 1 aliphatic heterocycles. The van der Waals surface area contributed by atoms with Gasteiger partial charge in [-0.3, -0.25) is 18.9 Å². The molecule has 0 bridgehead atoms. The summed E-state index contributed by atoms with van der Waals surface area (Å²) >= 11 is 6.61. The molecule has 10 heteroatoms. The third kappa shape index (κ3) is 5.39. The van der Waals surface area contributed by atoms with Crippen LogP contribution < -0.4 is 15.6 Å². The van der Waals surface area contributed by atoms with Gasteiger partial charge < -0.3 is 14.8 Å². The van der Waals surface area contributed by atoms with Crippen molar-refractivity contribution in [2.75, 3.05) is 32.7 Å². The molecule has 4 rings (SSSR count). The Hall–Kier alpha value is -3.21. The van der Waals surface area contributed by atoms with Gasteiger partial charge in [0.05, 0.1) is 17.6 Å². The van der Waals surface area contributed by atoms with E-state index in [2.05, 4.69) is 5.32 Å². The average Bonchev–Trinajstić information content (AvgIpc) is 3.13. The summed E-state index contributed by atoms with van der Waals surface area (Å²) in [7, 11) is 3.24. The number of methoxy groups -OCH3 is 2. The Labute approximate surface area is 212 Å². The second-order valence-electron chi connectivity index (χ2n) is 7.95. The van der Waals surface area contributed by atoms with Crippen LogP contribution in [0.15, 0.2) is 52.3 Å². The second-order valence-corrected chi connectivity index (χ2v) is 9.62. The molecule has 1 fully saturated rings. The van der Waals surface area contributed by atoms with Crippen LogP contribution in [-0.2, 0) is 16.1 Å². The first-order valence-corrected chi connectivity index (χ1v) is 12.3. The lowest BCUT2D eigenvalue weighted by molar-refractivity contribution is -0.122. The number of aryl methyl sites for hydroxylation is 1. The van der Waals surface area contributed by atoms with Gasteiger partial charge in [0.1, 0.15) is 21.5 Å². The fourth-order valence-corrected chi connectivity index (χ4v) is 4.99. The Kier molecular flexibility index (Phi) is 7.84. The van der Waals surface area contributed by atoms with Crippen molar-refractivity contribution in [2.45, 2.75) is 19.9 Å². The smallest absolute Gasteiger partial charge is 0.267 e. The number of carbonyl (C=O) groups excluding carboxylic acids is 1. The molecule has 1 aliphatic rings. The van der Waals surface area contributed by atoms with E-state index in [0.717, 1.165) is 16.9 Å². The molecule has 2 aromatic heterocycles. The molecule has 182 valence electrons. The highest BCUT2D eigenvalue weighted by Gasteiger charge is 2.32. The maximum atomic E-state index is 13.5. The van der Waals surface area contributed by atoms with Crippen molar-refractivity contribution in [1.29, 1.82) is 0 Å². The third-order valence-electron chi connectivity index (χ3n) is 5.58. The highest BCUT2D eigenvalue weighted by atomic mass is 32.2. The number of hydrogen-bond acceptors (Lipinski definition) is 8. The van der Waals surface area contributed by atoms with Crippen LogP contribution in [0.3, 0.4) is 0 Å². The third-order valence-corrected chi connectivity index (χ3v) is 6.96.